The molecule has 146 valence electrons. The van der Waals surface area contributed by atoms with Crippen molar-refractivity contribution >= 4 is 23.2 Å². The van der Waals surface area contributed by atoms with Crippen molar-refractivity contribution in [2.75, 3.05) is 16.8 Å². The van der Waals surface area contributed by atoms with E-state index >= 15 is 0 Å². The van der Waals surface area contributed by atoms with Gasteiger partial charge in [-0.3, -0.25) is 9.59 Å². The maximum Gasteiger partial charge on any atom is 0.258 e. The van der Waals surface area contributed by atoms with Crippen LogP contribution in [0, 0.1) is 11.6 Å². The molecule has 0 atom stereocenters. The van der Waals surface area contributed by atoms with Crippen LogP contribution in [0.5, 0.6) is 0 Å². The minimum Gasteiger partial charge on any atom is -0.322 e. The number of anilines is 2. The van der Waals surface area contributed by atoms with E-state index in [1.54, 1.807) is 35.2 Å². The Morgan fingerprint density at radius 1 is 0.931 bits per heavy atom. The highest BCUT2D eigenvalue weighted by Crippen LogP contribution is 2.31. The van der Waals surface area contributed by atoms with E-state index < -0.39 is 17.5 Å². The average Bonchev–Trinajstić information content (AvgIpc) is 2.73. The predicted molar refractivity (Wildman–Crippen MR) is 107 cm³/mol. The average molecular weight is 392 g/mol. The summed E-state index contributed by atoms with van der Waals surface area (Å²) in [6.45, 7) is 0.618. The van der Waals surface area contributed by atoms with Crippen LogP contribution in [0.4, 0.5) is 20.2 Å². The molecule has 1 N–H and O–H groups in total. The van der Waals surface area contributed by atoms with E-state index in [1.807, 2.05) is 18.2 Å². The fourth-order valence-electron chi connectivity index (χ4n) is 3.49. The summed E-state index contributed by atoms with van der Waals surface area (Å²) in [4.78, 5) is 26.9. The van der Waals surface area contributed by atoms with E-state index in [-0.39, 0.29) is 11.5 Å². The van der Waals surface area contributed by atoms with Crippen LogP contribution in [-0.4, -0.2) is 18.4 Å². The number of carbonyl (C=O) groups excluding carboxylic acids is 2. The number of amides is 2. The molecule has 0 fully saturated rings. The Balaban J connectivity index is 1.57. The van der Waals surface area contributed by atoms with Crippen molar-refractivity contribution in [1.29, 1.82) is 0 Å². The highest BCUT2D eigenvalue weighted by atomic mass is 19.1. The zero-order chi connectivity index (χ0) is 20.4. The Morgan fingerprint density at radius 3 is 2.48 bits per heavy atom. The smallest absolute Gasteiger partial charge is 0.258 e. The summed E-state index contributed by atoms with van der Waals surface area (Å²) in [6, 6.07) is 17.1. The lowest BCUT2D eigenvalue weighted by atomic mass is 10.00. The van der Waals surface area contributed by atoms with Gasteiger partial charge in [-0.15, -0.1) is 0 Å². The molecule has 0 aliphatic carbocycles. The second-order valence-electron chi connectivity index (χ2n) is 6.85. The summed E-state index contributed by atoms with van der Waals surface area (Å²) < 4.78 is 26.9. The van der Waals surface area contributed by atoms with Crippen molar-refractivity contribution in [3.8, 4) is 0 Å². The molecule has 4 rings (SSSR count). The number of carbonyl (C=O) groups is 2. The number of rotatable bonds is 3. The number of halogens is 2. The van der Waals surface area contributed by atoms with Gasteiger partial charge in [0.15, 0.2) is 0 Å². The van der Waals surface area contributed by atoms with Gasteiger partial charge in [0.1, 0.15) is 11.6 Å². The Kier molecular flexibility index (Phi) is 5.08. The van der Waals surface area contributed by atoms with E-state index in [0.717, 1.165) is 36.2 Å². The van der Waals surface area contributed by atoms with E-state index in [1.165, 1.54) is 0 Å². The van der Waals surface area contributed by atoms with Gasteiger partial charge in [-0.2, -0.15) is 0 Å². The Labute approximate surface area is 166 Å². The van der Waals surface area contributed by atoms with Crippen molar-refractivity contribution < 1.29 is 18.4 Å². The first kappa shape index (κ1) is 18.8. The third-order valence-corrected chi connectivity index (χ3v) is 4.90. The standard InChI is InChI=1S/C23H18F2N2O2/c24-17-8-10-19(20(25)14-17)22(28)26-18-9-11-21-16(13-18)7-4-12-27(21)23(29)15-5-2-1-3-6-15/h1-3,5-6,8-11,13-14H,4,7,12H2,(H,26,28). The van der Waals surface area contributed by atoms with Crippen molar-refractivity contribution in [3.63, 3.8) is 0 Å². The number of nitrogens with zero attached hydrogens (tertiary/aromatic N) is 1. The second kappa shape index (κ2) is 7.83. The van der Waals surface area contributed by atoms with Gasteiger partial charge in [0, 0.05) is 29.5 Å². The molecule has 1 aliphatic rings. The Hall–Kier alpha value is -3.54. The summed E-state index contributed by atoms with van der Waals surface area (Å²) >= 11 is 0. The molecule has 6 heteroatoms. The lowest BCUT2D eigenvalue weighted by molar-refractivity contribution is 0.0983. The SMILES string of the molecule is O=C(Nc1ccc2c(c1)CCCN2C(=O)c1ccccc1)c1ccc(F)cc1F. The molecule has 0 aromatic heterocycles. The van der Waals surface area contributed by atoms with Gasteiger partial charge in [-0.05, 0) is 60.9 Å². The largest absolute Gasteiger partial charge is 0.322 e. The number of benzene rings is 3. The Morgan fingerprint density at radius 2 is 1.72 bits per heavy atom. The summed E-state index contributed by atoms with van der Waals surface area (Å²) in [5.41, 5.74) is 2.61. The first-order valence-corrected chi connectivity index (χ1v) is 9.29. The minimum atomic E-state index is -0.917. The van der Waals surface area contributed by atoms with Gasteiger partial charge >= 0.3 is 0 Å². The maximum absolute atomic E-state index is 13.8. The number of hydrogen-bond donors (Lipinski definition) is 1. The summed E-state index contributed by atoms with van der Waals surface area (Å²) in [5, 5.41) is 2.64. The van der Waals surface area contributed by atoms with Crippen LogP contribution < -0.4 is 10.2 Å². The third-order valence-electron chi connectivity index (χ3n) is 4.90. The lowest BCUT2D eigenvalue weighted by Crippen LogP contribution is -2.35. The molecular formula is C23H18F2N2O2. The van der Waals surface area contributed by atoms with Crippen LogP contribution in [0.1, 0.15) is 32.7 Å². The fraction of sp³-hybridized carbons (Fsp3) is 0.130. The summed E-state index contributed by atoms with van der Waals surface area (Å²) in [6.07, 6.45) is 1.57. The molecular weight excluding hydrogens is 374 g/mol. The van der Waals surface area contributed by atoms with Crippen molar-refractivity contribution in [3.05, 3.63) is 95.1 Å². The summed E-state index contributed by atoms with van der Waals surface area (Å²) in [5.74, 6) is -2.39. The number of aryl methyl sites for hydroxylation is 1. The number of hydrogen-bond acceptors (Lipinski definition) is 2. The van der Waals surface area contributed by atoms with Crippen LogP contribution >= 0.6 is 0 Å². The van der Waals surface area contributed by atoms with Gasteiger partial charge in [0.25, 0.3) is 11.8 Å². The second-order valence-corrected chi connectivity index (χ2v) is 6.85. The first-order valence-electron chi connectivity index (χ1n) is 9.29. The first-order chi connectivity index (χ1) is 14.0. The molecule has 0 spiro atoms. The van der Waals surface area contributed by atoms with Crippen LogP contribution in [0.3, 0.4) is 0 Å². The van der Waals surface area contributed by atoms with Crippen LogP contribution in [0.2, 0.25) is 0 Å². The lowest BCUT2D eigenvalue weighted by Gasteiger charge is -2.30. The fourth-order valence-corrected chi connectivity index (χ4v) is 3.49. The van der Waals surface area contributed by atoms with Gasteiger partial charge in [-0.25, -0.2) is 8.78 Å². The maximum atomic E-state index is 13.8. The zero-order valence-electron chi connectivity index (χ0n) is 15.5. The van der Waals surface area contributed by atoms with Gasteiger partial charge in [0.05, 0.1) is 5.56 Å². The highest BCUT2D eigenvalue weighted by molar-refractivity contribution is 6.07. The van der Waals surface area contributed by atoms with Crippen LogP contribution in [0.15, 0.2) is 66.7 Å². The number of fused-ring (bicyclic) bond motifs is 1. The molecule has 0 radical (unpaired) electrons. The van der Waals surface area contributed by atoms with Gasteiger partial charge < -0.3 is 10.2 Å². The number of nitrogens with one attached hydrogen (secondary N) is 1. The molecule has 2 amide bonds. The van der Waals surface area contributed by atoms with Gasteiger partial charge in [0.2, 0.25) is 0 Å². The van der Waals surface area contributed by atoms with Crippen molar-refractivity contribution in [1.82, 2.24) is 0 Å². The molecule has 0 saturated heterocycles. The van der Waals surface area contributed by atoms with Crippen LogP contribution in [0.25, 0.3) is 0 Å². The molecule has 0 bridgehead atoms. The van der Waals surface area contributed by atoms with Crippen LogP contribution in [-0.2, 0) is 6.42 Å². The minimum absolute atomic E-state index is 0.0725. The van der Waals surface area contributed by atoms with Gasteiger partial charge in [-0.1, -0.05) is 18.2 Å². The Bertz CT molecular complexity index is 1080. The van der Waals surface area contributed by atoms with Crippen molar-refractivity contribution in [2.45, 2.75) is 12.8 Å². The molecule has 1 heterocycles. The van der Waals surface area contributed by atoms with E-state index in [2.05, 4.69) is 5.32 Å². The summed E-state index contributed by atoms with van der Waals surface area (Å²) in [7, 11) is 0. The molecule has 0 saturated carbocycles. The normalized spacial score (nSPS) is 13.0. The molecule has 3 aromatic rings. The monoisotopic (exact) mass is 392 g/mol. The zero-order valence-corrected chi connectivity index (χ0v) is 15.5. The van der Waals surface area contributed by atoms with E-state index in [9.17, 15) is 18.4 Å². The molecule has 0 unspecified atom stereocenters. The third kappa shape index (κ3) is 3.87. The molecule has 4 nitrogen and oxygen atoms in total. The topological polar surface area (TPSA) is 49.4 Å². The molecule has 29 heavy (non-hydrogen) atoms. The molecule has 3 aromatic carbocycles. The van der Waals surface area contributed by atoms with Crippen molar-refractivity contribution in [2.24, 2.45) is 0 Å². The van der Waals surface area contributed by atoms with E-state index in [0.29, 0.717) is 23.9 Å². The molecule has 1 aliphatic heterocycles. The van der Waals surface area contributed by atoms with E-state index in [4.69, 9.17) is 0 Å². The highest BCUT2D eigenvalue weighted by Gasteiger charge is 2.24. The predicted octanol–water partition coefficient (Wildman–Crippen LogP) is 4.81. The quantitative estimate of drug-likeness (QED) is 0.695.